The Hall–Kier alpha value is -2.64. The first kappa shape index (κ1) is 21.6. The largest absolute Gasteiger partial charge is 0.478 e. The monoisotopic (exact) mass is 423 g/mol. The van der Waals surface area contributed by atoms with Crippen molar-refractivity contribution in [2.75, 3.05) is 39.4 Å². The second-order valence-electron chi connectivity index (χ2n) is 7.91. The van der Waals surface area contributed by atoms with E-state index in [0.717, 1.165) is 50.9 Å². The number of morpholine rings is 1. The van der Waals surface area contributed by atoms with Crippen molar-refractivity contribution in [2.45, 2.75) is 39.1 Å². The molecule has 0 spiro atoms. The van der Waals surface area contributed by atoms with Crippen LogP contribution in [0.15, 0.2) is 53.7 Å². The predicted octanol–water partition coefficient (Wildman–Crippen LogP) is 2.53. The lowest BCUT2D eigenvalue weighted by Crippen LogP contribution is -2.50. The van der Waals surface area contributed by atoms with E-state index in [1.165, 1.54) is 5.56 Å². The second-order valence-corrected chi connectivity index (χ2v) is 7.91. The number of guanidine groups is 1. The molecular weight excluding hydrogens is 390 g/mol. The maximum atomic E-state index is 6.15. The molecule has 1 N–H and O–H groups in total. The van der Waals surface area contributed by atoms with Gasteiger partial charge in [-0.2, -0.15) is 0 Å². The number of pyridine rings is 1. The molecule has 31 heavy (non-hydrogen) atoms. The number of nitrogens with zero attached hydrogens (tertiary/aromatic N) is 4. The quantitative estimate of drug-likeness (QED) is 0.546. The Morgan fingerprint density at radius 1 is 1.19 bits per heavy atom. The summed E-state index contributed by atoms with van der Waals surface area (Å²) in [6.45, 7) is 10.5. The normalized spacial score (nSPS) is 21.7. The van der Waals surface area contributed by atoms with Gasteiger partial charge in [0.2, 0.25) is 5.88 Å². The molecule has 2 unspecified atom stereocenters. The van der Waals surface area contributed by atoms with Gasteiger partial charge in [0.1, 0.15) is 0 Å². The highest BCUT2D eigenvalue weighted by Gasteiger charge is 2.41. The Morgan fingerprint density at radius 2 is 2.06 bits per heavy atom. The van der Waals surface area contributed by atoms with Crippen LogP contribution in [0.5, 0.6) is 5.88 Å². The molecule has 2 aliphatic heterocycles. The van der Waals surface area contributed by atoms with Gasteiger partial charge in [-0.3, -0.25) is 4.90 Å². The van der Waals surface area contributed by atoms with Gasteiger partial charge in [-0.05, 0) is 25.5 Å². The summed E-state index contributed by atoms with van der Waals surface area (Å²) in [5.74, 6) is 1.59. The third kappa shape index (κ3) is 5.35. The van der Waals surface area contributed by atoms with Crippen LogP contribution in [-0.4, -0.2) is 72.3 Å². The molecule has 1 aromatic carbocycles. The van der Waals surface area contributed by atoms with Crippen molar-refractivity contribution in [3.8, 4) is 5.88 Å². The lowest BCUT2D eigenvalue weighted by atomic mass is 10.1. The molecule has 7 heteroatoms. The Balaban J connectivity index is 1.46. The Morgan fingerprint density at radius 3 is 2.87 bits per heavy atom. The molecule has 3 heterocycles. The lowest BCUT2D eigenvalue weighted by Gasteiger charge is -2.36. The molecule has 2 fully saturated rings. The SMILES string of the molecule is CCNC(=NCc1cccnc1OCC)N1CC2OCCN(Cc3ccccc3)C2C1. The number of aromatic nitrogens is 1. The third-order valence-electron chi connectivity index (χ3n) is 5.81. The van der Waals surface area contributed by atoms with E-state index in [9.17, 15) is 0 Å². The average Bonchev–Trinajstić information content (AvgIpc) is 3.24. The van der Waals surface area contributed by atoms with Crippen molar-refractivity contribution in [1.29, 1.82) is 0 Å². The molecule has 2 aliphatic rings. The van der Waals surface area contributed by atoms with Crippen LogP contribution in [0.3, 0.4) is 0 Å². The van der Waals surface area contributed by atoms with Gasteiger partial charge < -0.3 is 19.7 Å². The van der Waals surface area contributed by atoms with E-state index in [4.69, 9.17) is 14.5 Å². The number of fused-ring (bicyclic) bond motifs is 1. The highest BCUT2D eigenvalue weighted by atomic mass is 16.5. The van der Waals surface area contributed by atoms with E-state index >= 15 is 0 Å². The fourth-order valence-corrected chi connectivity index (χ4v) is 4.34. The molecule has 0 aliphatic carbocycles. The Kier molecular flexibility index (Phi) is 7.38. The van der Waals surface area contributed by atoms with Gasteiger partial charge in [-0.1, -0.05) is 36.4 Å². The molecule has 0 bridgehead atoms. The van der Waals surface area contributed by atoms with Crippen molar-refractivity contribution in [3.05, 3.63) is 59.8 Å². The van der Waals surface area contributed by atoms with Crippen molar-refractivity contribution in [2.24, 2.45) is 4.99 Å². The first-order chi connectivity index (χ1) is 15.3. The zero-order valence-electron chi connectivity index (χ0n) is 18.5. The highest BCUT2D eigenvalue weighted by Crippen LogP contribution is 2.25. The van der Waals surface area contributed by atoms with Crippen LogP contribution in [0.1, 0.15) is 25.0 Å². The second kappa shape index (κ2) is 10.6. The van der Waals surface area contributed by atoms with E-state index in [-0.39, 0.29) is 6.10 Å². The van der Waals surface area contributed by atoms with Gasteiger partial charge in [0, 0.05) is 44.5 Å². The smallest absolute Gasteiger partial charge is 0.218 e. The Labute approximate surface area is 185 Å². The van der Waals surface area contributed by atoms with Gasteiger partial charge >= 0.3 is 0 Å². The minimum Gasteiger partial charge on any atom is -0.478 e. The van der Waals surface area contributed by atoms with Crippen LogP contribution in [0.4, 0.5) is 0 Å². The minimum absolute atomic E-state index is 0.207. The van der Waals surface area contributed by atoms with Gasteiger partial charge in [-0.25, -0.2) is 9.98 Å². The zero-order chi connectivity index (χ0) is 21.5. The summed E-state index contributed by atoms with van der Waals surface area (Å²) in [5, 5.41) is 3.46. The summed E-state index contributed by atoms with van der Waals surface area (Å²) in [6, 6.07) is 15.0. The van der Waals surface area contributed by atoms with Crippen LogP contribution in [0.2, 0.25) is 0 Å². The lowest BCUT2D eigenvalue weighted by molar-refractivity contribution is -0.0502. The number of aliphatic imine (C=N–C) groups is 1. The maximum Gasteiger partial charge on any atom is 0.218 e. The molecule has 2 saturated heterocycles. The van der Waals surface area contributed by atoms with Crippen LogP contribution in [0.25, 0.3) is 0 Å². The third-order valence-corrected chi connectivity index (χ3v) is 5.81. The van der Waals surface area contributed by atoms with Crippen LogP contribution >= 0.6 is 0 Å². The van der Waals surface area contributed by atoms with Gasteiger partial charge in [-0.15, -0.1) is 0 Å². The van der Waals surface area contributed by atoms with Crippen LogP contribution in [-0.2, 0) is 17.8 Å². The zero-order valence-corrected chi connectivity index (χ0v) is 18.5. The Bertz CT molecular complexity index is 860. The summed E-state index contributed by atoms with van der Waals surface area (Å²) in [7, 11) is 0. The number of nitrogens with one attached hydrogen (secondary N) is 1. The van der Waals surface area contributed by atoms with Crippen molar-refractivity contribution in [3.63, 3.8) is 0 Å². The topological polar surface area (TPSA) is 62.2 Å². The predicted molar refractivity (Wildman–Crippen MR) is 122 cm³/mol. The molecule has 0 amide bonds. The maximum absolute atomic E-state index is 6.15. The summed E-state index contributed by atoms with van der Waals surface area (Å²) in [6.07, 6.45) is 1.96. The van der Waals surface area contributed by atoms with Crippen LogP contribution < -0.4 is 10.1 Å². The summed E-state index contributed by atoms with van der Waals surface area (Å²) in [4.78, 5) is 14.1. The molecule has 166 valence electrons. The molecule has 4 rings (SSSR count). The minimum atomic E-state index is 0.207. The van der Waals surface area contributed by atoms with E-state index < -0.39 is 0 Å². The molecule has 2 aromatic rings. The summed E-state index contributed by atoms with van der Waals surface area (Å²) < 4.78 is 11.8. The van der Waals surface area contributed by atoms with Gasteiger partial charge in [0.05, 0.1) is 31.9 Å². The average molecular weight is 424 g/mol. The molecule has 1 aromatic heterocycles. The molecule has 7 nitrogen and oxygen atoms in total. The number of benzene rings is 1. The number of rotatable bonds is 7. The molecular formula is C24H33N5O2. The van der Waals surface area contributed by atoms with E-state index in [2.05, 4.69) is 57.4 Å². The molecule has 2 atom stereocenters. The van der Waals surface area contributed by atoms with E-state index in [1.54, 1.807) is 6.20 Å². The standard InChI is InChI=1S/C24H33N5O2/c1-3-25-24(27-15-20-11-8-12-26-23(20)30-4-2)29-17-21-22(18-29)31-14-13-28(21)16-19-9-6-5-7-10-19/h5-12,21-22H,3-4,13-18H2,1-2H3,(H,25,27). The van der Waals surface area contributed by atoms with Crippen molar-refractivity contribution >= 4 is 5.96 Å². The summed E-state index contributed by atoms with van der Waals surface area (Å²) >= 11 is 0. The number of hydrogen-bond acceptors (Lipinski definition) is 5. The fourth-order valence-electron chi connectivity index (χ4n) is 4.34. The first-order valence-electron chi connectivity index (χ1n) is 11.3. The first-order valence-corrected chi connectivity index (χ1v) is 11.3. The van der Waals surface area contributed by atoms with Crippen LogP contribution in [0, 0.1) is 0 Å². The van der Waals surface area contributed by atoms with Gasteiger partial charge in [0.25, 0.3) is 0 Å². The highest BCUT2D eigenvalue weighted by molar-refractivity contribution is 5.80. The number of ether oxygens (including phenoxy) is 2. The van der Waals surface area contributed by atoms with Crippen molar-refractivity contribution in [1.82, 2.24) is 20.1 Å². The molecule has 0 radical (unpaired) electrons. The fraction of sp³-hybridized carbons (Fsp3) is 0.500. The number of likely N-dealkylation sites (tertiary alicyclic amines) is 1. The van der Waals surface area contributed by atoms with Crippen molar-refractivity contribution < 1.29 is 9.47 Å². The number of hydrogen-bond donors (Lipinski definition) is 1. The summed E-state index contributed by atoms with van der Waals surface area (Å²) in [5.41, 5.74) is 2.35. The van der Waals surface area contributed by atoms with E-state index in [0.29, 0.717) is 25.1 Å². The van der Waals surface area contributed by atoms with E-state index in [1.807, 2.05) is 19.1 Å². The van der Waals surface area contributed by atoms with Gasteiger partial charge in [0.15, 0.2) is 5.96 Å². The molecule has 0 saturated carbocycles.